The standard InChI is InChI=1S/C19H21ClN2O3/c20-14-7-5-13(6-8-14)18-11-15(21-25-18)12-19(23)22-9-10-24-17-4-2-1-3-16(17)22/h5-8,11,16-17H,1-4,9-10,12H2. The first-order chi connectivity index (χ1) is 12.2. The Morgan fingerprint density at radius 2 is 2.04 bits per heavy atom. The van der Waals surface area contributed by atoms with Crippen LogP contribution in [0.4, 0.5) is 0 Å². The van der Waals surface area contributed by atoms with E-state index in [0.717, 1.165) is 18.4 Å². The molecule has 2 aromatic rings. The van der Waals surface area contributed by atoms with Gasteiger partial charge in [-0.05, 0) is 37.1 Å². The van der Waals surface area contributed by atoms with E-state index < -0.39 is 0 Å². The van der Waals surface area contributed by atoms with E-state index in [0.29, 0.717) is 29.6 Å². The summed E-state index contributed by atoms with van der Waals surface area (Å²) in [7, 11) is 0. The lowest BCUT2D eigenvalue weighted by Crippen LogP contribution is -2.55. The molecule has 1 aromatic heterocycles. The number of fused-ring (bicyclic) bond motifs is 1. The van der Waals surface area contributed by atoms with Gasteiger partial charge in [0.15, 0.2) is 5.76 Å². The van der Waals surface area contributed by atoms with Gasteiger partial charge in [-0.1, -0.05) is 29.6 Å². The van der Waals surface area contributed by atoms with Crippen LogP contribution >= 0.6 is 11.6 Å². The second-order valence-corrected chi connectivity index (χ2v) is 7.15. The van der Waals surface area contributed by atoms with Crippen LogP contribution in [-0.4, -0.2) is 41.3 Å². The molecular weight excluding hydrogens is 340 g/mol. The molecule has 0 N–H and O–H groups in total. The lowest BCUT2D eigenvalue weighted by molar-refractivity contribution is -0.148. The smallest absolute Gasteiger partial charge is 0.229 e. The second-order valence-electron chi connectivity index (χ2n) is 6.71. The molecule has 1 saturated carbocycles. The number of nitrogens with zero attached hydrogens (tertiary/aromatic N) is 2. The van der Waals surface area contributed by atoms with Gasteiger partial charge in [0.2, 0.25) is 5.91 Å². The molecule has 6 heteroatoms. The first-order valence-corrected chi connectivity index (χ1v) is 9.21. The highest BCUT2D eigenvalue weighted by Gasteiger charge is 2.36. The Morgan fingerprint density at radius 1 is 1.24 bits per heavy atom. The molecule has 1 aromatic carbocycles. The average molecular weight is 361 g/mol. The van der Waals surface area contributed by atoms with Gasteiger partial charge in [0.1, 0.15) is 0 Å². The lowest BCUT2D eigenvalue weighted by Gasteiger charge is -2.43. The van der Waals surface area contributed by atoms with E-state index in [1.165, 1.54) is 12.8 Å². The maximum atomic E-state index is 12.8. The van der Waals surface area contributed by atoms with Crippen molar-refractivity contribution in [2.75, 3.05) is 13.2 Å². The van der Waals surface area contributed by atoms with E-state index in [-0.39, 0.29) is 24.5 Å². The minimum atomic E-state index is 0.108. The van der Waals surface area contributed by atoms with Crippen molar-refractivity contribution in [3.63, 3.8) is 0 Å². The van der Waals surface area contributed by atoms with Gasteiger partial charge in [-0.2, -0.15) is 0 Å². The van der Waals surface area contributed by atoms with Crippen LogP contribution in [0.5, 0.6) is 0 Å². The summed E-state index contributed by atoms with van der Waals surface area (Å²) in [4.78, 5) is 14.8. The molecule has 4 rings (SSSR count). The van der Waals surface area contributed by atoms with Gasteiger partial charge in [-0.3, -0.25) is 4.79 Å². The zero-order valence-electron chi connectivity index (χ0n) is 14.0. The summed E-state index contributed by atoms with van der Waals surface area (Å²) >= 11 is 5.91. The predicted molar refractivity (Wildman–Crippen MR) is 94.4 cm³/mol. The summed E-state index contributed by atoms with van der Waals surface area (Å²) in [6.07, 6.45) is 4.91. The summed E-state index contributed by atoms with van der Waals surface area (Å²) in [5.74, 6) is 0.758. The van der Waals surface area contributed by atoms with Crippen LogP contribution in [0.1, 0.15) is 31.4 Å². The fraction of sp³-hybridized carbons (Fsp3) is 0.474. The molecule has 0 spiro atoms. The number of morpholine rings is 1. The molecule has 2 fully saturated rings. The summed E-state index contributed by atoms with van der Waals surface area (Å²) < 4.78 is 11.2. The van der Waals surface area contributed by atoms with E-state index in [4.69, 9.17) is 20.9 Å². The molecule has 1 aliphatic carbocycles. The highest BCUT2D eigenvalue weighted by Crippen LogP contribution is 2.29. The quantitative estimate of drug-likeness (QED) is 0.837. The number of carbonyl (C=O) groups excluding carboxylic acids is 1. The molecule has 1 aliphatic heterocycles. The average Bonchev–Trinajstić information content (AvgIpc) is 3.10. The number of hydrogen-bond acceptors (Lipinski definition) is 4. The van der Waals surface area contributed by atoms with Crippen molar-refractivity contribution in [1.82, 2.24) is 10.1 Å². The molecular formula is C19H21ClN2O3. The Hall–Kier alpha value is -1.85. The van der Waals surface area contributed by atoms with Crippen LogP contribution in [0.15, 0.2) is 34.9 Å². The van der Waals surface area contributed by atoms with Crippen LogP contribution < -0.4 is 0 Å². The summed E-state index contributed by atoms with van der Waals surface area (Å²) in [5.41, 5.74) is 1.56. The van der Waals surface area contributed by atoms with Gasteiger partial charge in [0.05, 0.1) is 30.9 Å². The van der Waals surface area contributed by atoms with E-state index in [2.05, 4.69) is 5.16 Å². The van der Waals surface area contributed by atoms with Crippen LogP contribution in [0.25, 0.3) is 11.3 Å². The van der Waals surface area contributed by atoms with Crippen LogP contribution in [0.2, 0.25) is 5.02 Å². The molecule has 2 aliphatic rings. The molecule has 2 heterocycles. The zero-order valence-corrected chi connectivity index (χ0v) is 14.7. The highest BCUT2D eigenvalue weighted by molar-refractivity contribution is 6.30. The van der Waals surface area contributed by atoms with Gasteiger partial charge in [0, 0.05) is 23.2 Å². The van der Waals surface area contributed by atoms with Crippen molar-refractivity contribution in [3.8, 4) is 11.3 Å². The second kappa shape index (κ2) is 7.18. The number of ether oxygens (including phenoxy) is 1. The Bertz CT molecular complexity index is 741. The van der Waals surface area contributed by atoms with Gasteiger partial charge >= 0.3 is 0 Å². The largest absolute Gasteiger partial charge is 0.374 e. The minimum Gasteiger partial charge on any atom is -0.374 e. The number of carbonyl (C=O) groups is 1. The Labute approximate surface area is 151 Å². The van der Waals surface area contributed by atoms with Crippen molar-refractivity contribution in [1.29, 1.82) is 0 Å². The van der Waals surface area contributed by atoms with Crippen LogP contribution in [-0.2, 0) is 16.0 Å². The third kappa shape index (κ3) is 3.58. The van der Waals surface area contributed by atoms with Crippen molar-refractivity contribution in [2.24, 2.45) is 0 Å². The number of benzene rings is 1. The summed E-state index contributed by atoms with van der Waals surface area (Å²) in [6.45, 7) is 1.30. The number of halogens is 1. The SMILES string of the molecule is O=C(Cc1cc(-c2ccc(Cl)cc2)on1)N1CCOC2CCCCC21. The predicted octanol–water partition coefficient (Wildman–Crippen LogP) is 3.71. The molecule has 25 heavy (non-hydrogen) atoms. The van der Waals surface area contributed by atoms with Crippen molar-refractivity contribution >= 4 is 17.5 Å². The maximum Gasteiger partial charge on any atom is 0.229 e. The van der Waals surface area contributed by atoms with Gasteiger partial charge in [-0.15, -0.1) is 0 Å². The zero-order chi connectivity index (χ0) is 17.2. The van der Waals surface area contributed by atoms with E-state index >= 15 is 0 Å². The van der Waals surface area contributed by atoms with E-state index in [1.807, 2.05) is 23.1 Å². The van der Waals surface area contributed by atoms with Crippen molar-refractivity contribution in [2.45, 2.75) is 44.2 Å². The third-order valence-electron chi connectivity index (χ3n) is 5.07. The summed E-state index contributed by atoms with van der Waals surface area (Å²) in [6, 6.07) is 9.42. The summed E-state index contributed by atoms with van der Waals surface area (Å²) in [5, 5.41) is 4.74. The monoisotopic (exact) mass is 360 g/mol. The number of amides is 1. The minimum absolute atomic E-state index is 0.108. The number of aromatic nitrogens is 1. The normalized spacial score (nSPS) is 23.3. The Balaban J connectivity index is 1.45. The fourth-order valence-electron chi connectivity index (χ4n) is 3.81. The topological polar surface area (TPSA) is 55.6 Å². The number of rotatable bonds is 3. The molecule has 2 atom stereocenters. The molecule has 132 valence electrons. The number of hydrogen-bond donors (Lipinski definition) is 0. The van der Waals surface area contributed by atoms with E-state index in [9.17, 15) is 4.79 Å². The molecule has 0 radical (unpaired) electrons. The lowest BCUT2D eigenvalue weighted by atomic mass is 9.90. The van der Waals surface area contributed by atoms with Crippen LogP contribution in [0, 0.1) is 0 Å². The maximum absolute atomic E-state index is 12.8. The van der Waals surface area contributed by atoms with Gasteiger partial charge < -0.3 is 14.2 Å². The van der Waals surface area contributed by atoms with Gasteiger partial charge in [0.25, 0.3) is 0 Å². The molecule has 0 bridgehead atoms. The Morgan fingerprint density at radius 3 is 2.88 bits per heavy atom. The molecule has 1 saturated heterocycles. The Kier molecular flexibility index (Phi) is 4.77. The molecule has 5 nitrogen and oxygen atoms in total. The highest BCUT2D eigenvalue weighted by atomic mass is 35.5. The first kappa shape index (κ1) is 16.6. The van der Waals surface area contributed by atoms with Crippen molar-refractivity contribution < 1.29 is 14.1 Å². The van der Waals surface area contributed by atoms with E-state index in [1.54, 1.807) is 12.1 Å². The molecule has 1 amide bonds. The fourth-order valence-corrected chi connectivity index (χ4v) is 3.93. The van der Waals surface area contributed by atoms with Crippen LogP contribution in [0.3, 0.4) is 0 Å². The van der Waals surface area contributed by atoms with Gasteiger partial charge in [-0.25, -0.2) is 0 Å². The van der Waals surface area contributed by atoms with Crippen molar-refractivity contribution in [3.05, 3.63) is 41.0 Å². The third-order valence-corrected chi connectivity index (χ3v) is 5.32. The molecule has 2 unspecified atom stereocenters. The first-order valence-electron chi connectivity index (χ1n) is 8.83.